The number of aryl methyl sites for hydroxylation is 1. The van der Waals surface area contributed by atoms with Gasteiger partial charge >= 0.3 is 0 Å². The van der Waals surface area contributed by atoms with Gasteiger partial charge in [-0.3, -0.25) is 4.79 Å². The Bertz CT molecular complexity index is 1050. The van der Waals surface area contributed by atoms with Crippen molar-refractivity contribution in [3.05, 3.63) is 76.5 Å². The van der Waals surface area contributed by atoms with Crippen molar-refractivity contribution in [3.8, 4) is 11.3 Å². The molecule has 1 atom stereocenters. The van der Waals surface area contributed by atoms with Crippen LogP contribution in [0.1, 0.15) is 38.7 Å². The summed E-state index contributed by atoms with van der Waals surface area (Å²) in [5.41, 5.74) is 18.5. The lowest BCUT2D eigenvalue weighted by atomic mass is 9.87. The molecule has 0 fully saturated rings. The number of nitrogens with one attached hydrogen (secondary N) is 1. The predicted octanol–water partition coefficient (Wildman–Crippen LogP) is 2.56. The molecule has 0 aliphatic carbocycles. The quantitative estimate of drug-likeness (QED) is 0.651. The monoisotopic (exact) mass is 373 g/mol. The first-order valence-electron chi connectivity index (χ1n) is 9.35. The molecule has 1 unspecified atom stereocenters. The molecule has 1 aliphatic heterocycles. The van der Waals surface area contributed by atoms with E-state index in [-0.39, 0.29) is 17.9 Å². The van der Waals surface area contributed by atoms with E-state index in [2.05, 4.69) is 40.4 Å². The van der Waals surface area contributed by atoms with Crippen LogP contribution in [-0.2, 0) is 12.8 Å². The molecule has 1 aliphatic rings. The Balaban J connectivity index is 1.59. The lowest BCUT2D eigenvalue weighted by molar-refractivity contribution is 0.1000. The molecular weight excluding hydrogens is 350 g/mol. The van der Waals surface area contributed by atoms with Gasteiger partial charge in [0, 0.05) is 23.4 Å². The molecule has 0 spiro atoms. The number of carbonyl (C=O) groups is 1. The minimum atomic E-state index is -0.380. The van der Waals surface area contributed by atoms with Crippen LogP contribution >= 0.6 is 0 Å². The number of nitrogen functional groups attached to an aromatic ring is 1. The molecule has 28 heavy (non-hydrogen) atoms. The topological polar surface area (TPSA) is 107 Å². The highest BCUT2D eigenvalue weighted by Gasteiger charge is 2.21. The van der Waals surface area contributed by atoms with Crippen molar-refractivity contribution < 1.29 is 4.79 Å². The first kappa shape index (κ1) is 18.1. The number of amides is 1. The summed E-state index contributed by atoms with van der Waals surface area (Å²) in [6, 6.07) is 14.2. The van der Waals surface area contributed by atoms with Crippen molar-refractivity contribution in [2.24, 2.45) is 5.73 Å². The first-order valence-corrected chi connectivity index (χ1v) is 9.35. The summed E-state index contributed by atoms with van der Waals surface area (Å²) in [7, 11) is 0. The third-order valence-electron chi connectivity index (χ3n) is 5.32. The Morgan fingerprint density at radius 3 is 2.82 bits per heavy atom. The van der Waals surface area contributed by atoms with E-state index in [9.17, 15) is 4.79 Å². The molecule has 2 aromatic carbocycles. The number of fused-ring (bicyclic) bond motifs is 1. The average Bonchev–Trinajstić information content (AvgIpc) is 2.69. The molecule has 5 N–H and O–H groups in total. The van der Waals surface area contributed by atoms with Crippen LogP contribution in [0.5, 0.6) is 0 Å². The Labute approximate surface area is 164 Å². The van der Waals surface area contributed by atoms with Crippen molar-refractivity contribution >= 4 is 11.9 Å². The zero-order valence-corrected chi connectivity index (χ0v) is 15.8. The normalized spacial score (nSPS) is 15.8. The average molecular weight is 373 g/mol. The van der Waals surface area contributed by atoms with E-state index >= 15 is 0 Å². The van der Waals surface area contributed by atoms with Gasteiger partial charge in [0.25, 0.3) is 0 Å². The number of carbonyl (C=O) groups excluding carboxylic acids is 1. The van der Waals surface area contributed by atoms with Gasteiger partial charge in [-0.15, -0.1) is 0 Å². The van der Waals surface area contributed by atoms with Gasteiger partial charge in [0.15, 0.2) is 0 Å². The number of primary amides is 1. The fraction of sp³-hybridized carbons (Fsp3) is 0.227. The van der Waals surface area contributed by atoms with E-state index in [1.54, 1.807) is 6.20 Å². The number of nitrogens with two attached hydrogens (primary N) is 2. The van der Waals surface area contributed by atoms with Gasteiger partial charge in [-0.2, -0.15) is 0 Å². The second-order valence-electron chi connectivity index (χ2n) is 7.18. The molecule has 0 radical (unpaired) electrons. The lowest BCUT2D eigenvalue weighted by Gasteiger charge is -2.28. The smallest absolute Gasteiger partial charge is 0.248 e. The number of aromatic nitrogens is 2. The van der Waals surface area contributed by atoms with Crippen molar-refractivity contribution in [1.29, 1.82) is 0 Å². The predicted molar refractivity (Wildman–Crippen MR) is 110 cm³/mol. The molecule has 0 saturated heterocycles. The van der Waals surface area contributed by atoms with Crippen molar-refractivity contribution in [2.45, 2.75) is 25.8 Å². The molecule has 1 amide bonds. The molecule has 6 heteroatoms. The summed E-state index contributed by atoms with van der Waals surface area (Å²) in [6.45, 7) is 3.00. The van der Waals surface area contributed by atoms with Crippen LogP contribution in [0.15, 0.2) is 48.7 Å². The van der Waals surface area contributed by atoms with E-state index in [0.29, 0.717) is 5.56 Å². The van der Waals surface area contributed by atoms with Crippen LogP contribution in [0, 0.1) is 6.92 Å². The molecule has 4 rings (SSSR count). The molecule has 142 valence electrons. The Kier molecular flexibility index (Phi) is 4.79. The van der Waals surface area contributed by atoms with Gasteiger partial charge in [-0.1, -0.05) is 18.2 Å². The van der Waals surface area contributed by atoms with Gasteiger partial charge in [0.1, 0.15) is 0 Å². The zero-order valence-electron chi connectivity index (χ0n) is 15.8. The largest absolute Gasteiger partial charge is 0.368 e. The highest BCUT2D eigenvalue weighted by Crippen LogP contribution is 2.29. The molecule has 0 saturated carbocycles. The minimum absolute atomic E-state index is 0.213. The number of hydrogen-bond acceptors (Lipinski definition) is 5. The molecule has 2 heterocycles. The summed E-state index contributed by atoms with van der Waals surface area (Å²) in [4.78, 5) is 19.7. The van der Waals surface area contributed by atoms with Crippen LogP contribution in [0.4, 0.5) is 5.95 Å². The van der Waals surface area contributed by atoms with Crippen LogP contribution in [0.3, 0.4) is 0 Å². The van der Waals surface area contributed by atoms with Crippen LogP contribution in [-0.4, -0.2) is 22.4 Å². The maximum absolute atomic E-state index is 11.5. The molecule has 6 nitrogen and oxygen atoms in total. The first-order chi connectivity index (χ1) is 13.5. The molecule has 3 aromatic rings. The van der Waals surface area contributed by atoms with Crippen molar-refractivity contribution in [1.82, 2.24) is 15.3 Å². The maximum atomic E-state index is 11.5. The number of nitrogens with zero attached hydrogens (tertiary/aromatic N) is 2. The Hall–Kier alpha value is -3.25. The number of benzene rings is 2. The zero-order chi connectivity index (χ0) is 19.7. The van der Waals surface area contributed by atoms with E-state index in [4.69, 9.17) is 11.5 Å². The number of hydrogen-bond donors (Lipinski definition) is 3. The lowest BCUT2D eigenvalue weighted by Crippen LogP contribution is -2.31. The summed E-state index contributed by atoms with van der Waals surface area (Å²) in [5, 5.41) is 3.60. The Morgan fingerprint density at radius 2 is 2.07 bits per heavy atom. The van der Waals surface area contributed by atoms with E-state index < -0.39 is 0 Å². The summed E-state index contributed by atoms with van der Waals surface area (Å²) < 4.78 is 0. The van der Waals surface area contributed by atoms with E-state index in [0.717, 1.165) is 30.6 Å². The maximum Gasteiger partial charge on any atom is 0.248 e. The third kappa shape index (κ3) is 3.59. The fourth-order valence-electron chi connectivity index (χ4n) is 3.83. The number of rotatable bonds is 4. The van der Waals surface area contributed by atoms with Crippen LogP contribution in [0.2, 0.25) is 0 Å². The van der Waals surface area contributed by atoms with Gasteiger partial charge in [-0.25, -0.2) is 9.97 Å². The minimum Gasteiger partial charge on any atom is -0.368 e. The van der Waals surface area contributed by atoms with Crippen LogP contribution in [0.25, 0.3) is 11.3 Å². The van der Waals surface area contributed by atoms with Gasteiger partial charge in [0.05, 0.1) is 5.69 Å². The molecule has 1 aromatic heterocycles. The third-order valence-corrected chi connectivity index (χ3v) is 5.32. The molecular formula is C22H23N5O. The molecule has 0 bridgehead atoms. The van der Waals surface area contributed by atoms with Crippen LogP contribution < -0.4 is 16.8 Å². The second kappa shape index (κ2) is 7.40. The standard InChI is InChI=1S/C22H23N5O/c1-13-10-16(19-7-9-26-22(24)27-19)3-2-14(13)12-20-18-5-4-17(21(23)28)11-15(18)6-8-25-20/h2-5,7,9-11,20,25H,6,8,12H2,1H3,(H2,23,28)(H2,24,26,27). The highest BCUT2D eigenvalue weighted by atomic mass is 16.1. The van der Waals surface area contributed by atoms with Gasteiger partial charge in [0.2, 0.25) is 11.9 Å². The SMILES string of the molecule is Cc1cc(-c2ccnc(N)n2)ccc1CC1NCCc2cc(C(N)=O)ccc21. The summed E-state index contributed by atoms with van der Waals surface area (Å²) >= 11 is 0. The highest BCUT2D eigenvalue weighted by molar-refractivity contribution is 5.93. The van der Waals surface area contributed by atoms with E-state index in [1.807, 2.05) is 24.3 Å². The second-order valence-corrected chi connectivity index (χ2v) is 7.18. The summed E-state index contributed by atoms with van der Waals surface area (Å²) in [5.74, 6) is -0.104. The van der Waals surface area contributed by atoms with Crippen molar-refractivity contribution in [2.75, 3.05) is 12.3 Å². The fourth-order valence-corrected chi connectivity index (χ4v) is 3.83. The van der Waals surface area contributed by atoms with Gasteiger partial charge in [-0.05, 0) is 72.8 Å². The number of anilines is 1. The Morgan fingerprint density at radius 1 is 1.21 bits per heavy atom. The van der Waals surface area contributed by atoms with Gasteiger partial charge < -0.3 is 16.8 Å². The summed E-state index contributed by atoms with van der Waals surface area (Å²) in [6.07, 6.45) is 3.45. The van der Waals surface area contributed by atoms with Crippen molar-refractivity contribution in [3.63, 3.8) is 0 Å². The van der Waals surface area contributed by atoms with E-state index in [1.165, 1.54) is 22.3 Å².